The second kappa shape index (κ2) is 21.5. The Morgan fingerprint density at radius 1 is 0.526 bits per heavy atom. The van der Waals surface area contributed by atoms with E-state index >= 15 is 0 Å². The molecule has 0 radical (unpaired) electrons. The topological polar surface area (TPSA) is 57.6 Å². The summed E-state index contributed by atoms with van der Waals surface area (Å²) in [5.41, 5.74) is 8.97. The Hall–Kier alpha value is -2.46. The number of hydroxylamine groups is 2. The molecule has 0 unspecified atom stereocenters. The first-order chi connectivity index (χ1) is 17.9. The first-order valence-electron chi connectivity index (χ1n) is 14.4. The molecule has 214 valence electrons. The van der Waals surface area contributed by atoms with E-state index in [1.54, 1.807) is 0 Å². The second-order valence-corrected chi connectivity index (χ2v) is 11.1. The number of allylic oxidation sites excluding steroid dienone is 12. The molecule has 1 aliphatic rings. The quantitative estimate of drug-likeness (QED) is 0.100. The van der Waals surface area contributed by atoms with E-state index in [9.17, 15) is 9.59 Å². The lowest BCUT2D eigenvalue weighted by Gasteiger charge is -2.02. The molecular weight excluding hydrogens is 470 g/mol. The van der Waals surface area contributed by atoms with Gasteiger partial charge in [0.15, 0.2) is 0 Å². The summed E-state index contributed by atoms with van der Waals surface area (Å²) in [4.78, 5) is 20.5. The first kappa shape index (κ1) is 35.5. The molecule has 0 aromatic carbocycles. The van der Waals surface area contributed by atoms with E-state index in [1.807, 2.05) is 0 Å². The lowest BCUT2D eigenvalue weighted by molar-refractivity contribution is -0.171. The van der Waals surface area contributed by atoms with E-state index in [2.05, 4.69) is 91.8 Å². The van der Waals surface area contributed by atoms with Crippen molar-refractivity contribution in [2.24, 2.45) is 0 Å². The van der Waals surface area contributed by atoms with Crippen LogP contribution >= 0.6 is 0 Å². The smallest absolute Gasteiger partial charge is 0.253 e. The number of nitrogens with zero attached hydrogens (tertiary/aromatic N) is 1. The number of amides is 2. The van der Waals surface area contributed by atoms with Crippen molar-refractivity contribution in [2.45, 2.75) is 132 Å². The fourth-order valence-electron chi connectivity index (χ4n) is 3.90. The molecule has 2 amide bonds. The van der Waals surface area contributed by atoms with Crippen LogP contribution in [0.15, 0.2) is 69.9 Å². The van der Waals surface area contributed by atoms with Gasteiger partial charge in [-0.05, 0) is 120 Å². The Kier molecular flexibility index (Phi) is 20.1. The van der Waals surface area contributed by atoms with Crippen molar-refractivity contribution in [3.63, 3.8) is 0 Å². The van der Waals surface area contributed by atoms with Crippen molar-refractivity contribution in [1.82, 2.24) is 5.06 Å². The number of hydrogen-bond acceptors (Lipinski definition) is 3. The third kappa shape index (κ3) is 20.6. The molecule has 0 spiro atoms. The molecule has 0 bridgehead atoms. The van der Waals surface area contributed by atoms with Gasteiger partial charge in [0.05, 0.1) is 0 Å². The molecule has 1 N–H and O–H groups in total. The third-order valence-electron chi connectivity index (χ3n) is 6.42. The van der Waals surface area contributed by atoms with E-state index in [-0.39, 0.29) is 17.9 Å². The van der Waals surface area contributed by atoms with Crippen molar-refractivity contribution in [2.75, 3.05) is 0 Å². The van der Waals surface area contributed by atoms with Gasteiger partial charge in [0.1, 0.15) is 0 Å². The Labute approximate surface area is 233 Å². The van der Waals surface area contributed by atoms with E-state index in [0.29, 0.717) is 0 Å². The highest BCUT2D eigenvalue weighted by Crippen LogP contribution is 2.14. The number of rotatable bonds is 15. The first-order valence-corrected chi connectivity index (χ1v) is 14.4. The molecule has 0 aliphatic carbocycles. The van der Waals surface area contributed by atoms with Gasteiger partial charge in [-0.25, -0.2) is 0 Å². The van der Waals surface area contributed by atoms with Crippen LogP contribution in [0.1, 0.15) is 132 Å². The van der Waals surface area contributed by atoms with E-state index in [1.165, 1.54) is 97.6 Å². The Balaban J connectivity index is 0.00000144. The Morgan fingerprint density at radius 2 is 0.789 bits per heavy atom. The van der Waals surface area contributed by atoms with Crippen molar-refractivity contribution in [3.05, 3.63) is 69.9 Å². The number of imide groups is 1. The molecule has 0 aromatic rings. The largest absolute Gasteiger partial charge is 0.279 e. The lowest BCUT2D eigenvalue weighted by Crippen LogP contribution is -2.24. The summed E-state index contributed by atoms with van der Waals surface area (Å²) in [6, 6.07) is 0. The van der Waals surface area contributed by atoms with Crippen LogP contribution in [-0.2, 0) is 9.59 Å². The average Bonchev–Trinajstić information content (AvgIpc) is 3.12. The maximum Gasteiger partial charge on any atom is 0.253 e. The standard InChI is InChI=1S/C30H50.C4H5NO3/c1-25(2)15-11-19-29(7)23-13-21-27(5)17-9-10-18-28(6)22-14-24-30(8)20-12-16-26(3)4;6-3-1-2-4(7)5(3)8/h15-18,23-24H,9-14,19-22H2,1-8H3;8H,1-2H2. The monoisotopic (exact) mass is 525 g/mol. The van der Waals surface area contributed by atoms with Crippen LogP contribution in [-0.4, -0.2) is 22.1 Å². The SMILES string of the molecule is CC(C)=CCCC(C)=CCCC(C)=CCCC=C(C)CCC=C(C)CCC=C(C)C.O=C1CCC(=O)N1O. The highest BCUT2D eigenvalue weighted by Gasteiger charge is 2.26. The number of carbonyl (C=O) groups excluding carboxylic acids is 2. The Morgan fingerprint density at radius 3 is 1.03 bits per heavy atom. The summed E-state index contributed by atoms with van der Waals surface area (Å²) in [7, 11) is 0. The van der Waals surface area contributed by atoms with E-state index in [0.717, 1.165) is 0 Å². The third-order valence-corrected chi connectivity index (χ3v) is 6.42. The minimum Gasteiger partial charge on any atom is -0.279 e. The maximum absolute atomic E-state index is 10.2. The van der Waals surface area contributed by atoms with Gasteiger partial charge in [-0.2, -0.15) is 5.06 Å². The molecule has 1 fully saturated rings. The summed E-state index contributed by atoms with van der Waals surface area (Å²) in [6.45, 7) is 17.8. The van der Waals surface area contributed by atoms with Gasteiger partial charge in [-0.15, -0.1) is 0 Å². The summed E-state index contributed by atoms with van der Waals surface area (Å²) >= 11 is 0. The van der Waals surface area contributed by atoms with Crippen LogP contribution < -0.4 is 0 Å². The molecule has 0 aromatic heterocycles. The van der Waals surface area contributed by atoms with E-state index in [4.69, 9.17) is 5.21 Å². The number of unbranched alkanes of at least 4 members (excludes halogenated alkanes) is 1. The number of carbonyl (C=O) groups is 2. The van der Waals surface area contributed by atoms with Crippen molar-refractivity contribution < 1.29 is 14.8 Å². The van der Waals surface area contributed by atoms with Gasteiger partial charge in [0, 0.05) is 12.8 Å². The Bertz CT molecular complexity index is 830. The van der Waals surface area contributed by atoms with Gasteiger partial charge >= 0.3 is 0 Å². The zero-order valence-corrected chi connectivity index (χ0v) is 25.7. The summed E-state index contributed by atoms with van der Waals surface area (Å²) in [5, 5.41) is 8.57. The lowest BCUT2D eigenvalue weighted by atomic mass is 10.0. The summed E-state index contributed by atoms with van der Waals surface area (Å²) in [6.07, 6.45) is 26.5. The van der Waals surface area contributed by atoms with Crippen LogP contribution in [0.25, 0.3) is 0 Å². The molecule has 0 atom stereocenters. The van der Waals surface area contributed by atoms with Gasteiger partial charge in [-0.1, -0.05) is 69.9 Å². The molecule has 4 nitrogen and oxygen atoms in total. The maximum atomic E-state index is 10.2. The van der Waals surface area contributed by atoms with Crippen molar-refractivity contribution in [1.29, 1.82) is 0 Å². The fourth-order valence-corrected chi connectivity index (χ4v) is 3.90. The molecule has 38 heavy (non-hydrogen) atoms. The normalized spacial score (nSPS) is 14.9. The zero-order chi connectivity index (χ0) is 28.9. The highest BCUT2D eigenvalue weighted by molar-refractivity contribution is 6.00. The average molecular weight is 526 g/mol. The predicted molar refractivity (Wildman–Crippen MR) is 163 cm³/mol. The predicted octanol–water partition coefficient (Wildman–Crippen LogP) is 10.1. The van der Waals surface area contributed by atoms with Gasteiger partial charge in [0.2, 0.25) is 0 Å². The molecule has 4 heteroatoms. The molecule has 1 heterocycles. The molecule has 1 aliphatic heterocycles. The molecule has 1 saturated heterocycles. The van der Waals surface area contributed by atoms with Gasteiger partial charge in [0.25, 0.3) is 11.8 Å². The zero-order valence-electron chi connectivity index (χ0n) is 25.7. The van der Waals surface area contributed by atoms with Crippen LogP contribution in [0.5, 0.6) is 0 Å². The van der Waals surface area contributed by atoms with Crippen LogP contribution in [0.4, 0.5) is 0 Å². The minimum absolute atomic E-state index is 0.148. The molecule has 0 saturated carbocycles. The fraction of sp³-hybridized carbons (Fsp3) is 0.588. The van der Waals surface area contributed by atoms with Crippen LogP contribution in [0.3, 0.4) is 0 Å². The van der Waals surface area contributed by atoms with Gasteiger partial charge in [-0.3, -0.25) is 14.8 Å². The number of hydrogen-bond donors (Lipinski definition) is 1. The van der Waals surface area contributed by atoms with Crippen LogP contribution in [0.2, 0.25) is 0 Å². The minimum atomic E-state index is -0.505. The molecular formula is C34H55NO3. The highest BCUT2D eigenvalue weighted by atomic mass is 16.5. The van der Waals surface area contributed by atoms with E-state index < -0.39 is 11.8 Å². The van der Waals surface area contributed by atoms with Crippen LogP contribution in [0, 0.1) is 0 Å². The van der Waals surface area contributed by atoms with Crippen molar-refractivity contribution in [3.8, 4) is 0 Å². The van der Waals surface area contributed by atoms with Crippen molar-refractivity contribution >= 4 is 11.8 Å². The van der Waals surface area contributed by atoms with Gasteiger partial charge < -0.3 is 0 Å². The molecule has 1 rings (SSSR count). The summed E-state index contributed by atoms with van der Waals surface area (Å²) in [5.74, 6) is -1.01. The summed E-state index contributed by atoms with van der Waals surface area (Å²) < 4.78 is 0. The second-order valence-electron chi connectivity index (χ2n) is 11.1.